The van der Waals surface area contributed by atoms with Crippen LogP contribution in [-0.2, 0) is 9.59 Å². The van der Waals surface area contributed by atoms with E-state index in [-0.39, 0.29) is 17.8 Å². The molecule has 120 valence electrons. The van der Waals surface area contributed by atoms with Gasteiger partial charge in [-0.05, 0) is 19.1 Å². The number of nitrogens with one attached hydrogen (secondary N) is 1. The van der Waals surface area contributed by atoms with Crippen molar-refractivity contribution in [3.63, 3.8) is 0 Å². The molecule has 5 nitrogen and oxygen atoms in total. The Morgan fingerprint density at radius 1 is 1.41 bits per heavy atom. The van der Waals surface area contributed by atoms with Gasteiger partial charge in [0.25, 0.3) is 5.91 Å². The first-order chi connectivity index (χ1) is 10.2. The van der Waals surface area contributed by atoms with Crippen LogP contribution in [0.4, 0.5) is 23.2 Å². The zero-order valence-corrected chi connectivity index (χ0v) is 11.4. The van der Waals surface area contributed by atoms with Gasteiger partial charge in [0.05, 0.1) is 5.69 Å². The number of carbonyl (C=O) groups is 2. The number of hydrogen-bond donors (Lipinski definition) is 1. The fraction of sp³-hybridized carbons (Fsp3) is 0.385. The van der Waals surface area contributed by atoms with Gasteiger partial charge in [0.15, 0.2) is 0 Å². The van der Waals surface area contributed by atoms with Gasteiger partial charge in [-0.25, -0.2) is 4.39 Å². The Kier molecular flexibility index (Phi) is 4.25. The van der Waals surface area contributed by atoms with Gasteiger partial charge in [-0.1, -0.05) is 0 Å². The lowest BCUT2D eigenvalue weighted by Crippen LogP contribution is -2.53. The number of amides is 2. The lowest BCUT2D eigenvalue weighted by molar-refractivity contribution is -0.135. The van der Waals surface area contributed by atoms with E-state index in [0.29, 0.717) is 4.90 Å². The van der Waals surface area contributed by atoms with Crippen LogP contribution < -0.4 is 15.0 Å². The summed E-state index contributed by atoms with van der Waals surface area (Å²) >= 11 is 0. The van der Waals surface area contributed by atoms with Crippen LogP contribution in [0.15, 0.2) is 18.2 Å². The number of halogens is 4. The van der Waals surface area contributed by atoms with E-state index in [1.807, 2.05) is 0 Å². The van der Waals surface area contributed by atoms with Crippen LogP contribution >= 0.6 is 0 Å². The molecule has 2 rings (SSSR count). The molecule has 2 atom stereocenters. The van der Waals surface area contributed by atoms with E-state index in [4.69, 9.17) is 4.74 Å². The third-order valence-corrected chi connectivity index (χ3v) is 3.11. The van der Waals surface area contributed by atoms with Crippen LogP contribution in [0.3, 0.4) is 0 Å². The first-order valence-electron chi connectivity index (χ1n) is 6.27. The van der Waals surface area contributed by atoms with Gasteiger partial charge in [-0.2, -0.15) is 13.2 Å². The first-order valence-corrected chi connectivity index (χ1v) is 6.27. The number of hydrogen-bond acceptors (Lipinski definition) is 3. The molecule has 1 aliphatic heterocycles. The number of fused-ring (bicyclic) bond motifs is 1. The zero-order chi connectivity index (χ0) is 16.5. The minimum absolute atomic E-state index is 0.0679. The van der Waals surface area contributed by atoms with Crippen LogP contribution in [0.2, 0.25) is 0 Å². The number of benzene rings is 1. The average Bonchev–Trinajstić information content (AvgIpc) is 2.49. The molecule has 1 aromatic carbocycles. The molecule has 1 aliphatic rings. The lowest BCUT2D eigenvalue weighted by atomic mass is 10.1. The van der Waals surface area contributed by atoms with Crippen molar-refractivity contribution in [3.8, 4) is 5.75 Å². The summed E-state index contributed by atoms with van der Waals surface area (Å²) in [5, 5.41) is 2.13. The molecule has 0 spiro atoms. The van der Waals surface area contributed by atoms with Crippen molar-refractivity contribution >= 4 is 18.0 Å². The first kappa shape index (κ1) is 16.1. The molecule has 2 amide bonds. The highest BCUT2D eigenvalue weighted by molar-refractivity contribution is 6.00. The average molecular weight is 320 g/mol. The van der Waals surface area contributed by atoms with Crippen molar-refractivity contribution in [3.05, 3.63) is 24.0 Å². The van der Waals surface area contributed by atoms with Crippen LogP contribution in [0, 0.1) is 5.82 Å². The lowest BCUT2D eigenvalue weighted by Gasteiger charge is -2.26. The highest BCUT2D eigenvalue weighted by Gasteiger charge is 2.41. The molecular formula is C13H12F4N2O3. The Morgan fingerprint density at radius 3 is 2.68 bits per heavy atom. The monoisotopic (exact) mass is 320 g/mol. The molecule has 1 N–H and O–H groups in total. The predicted octanol–water partition coefficient (Wildman–Crippen LogP) is 1.62. The molecular weight excluding hydrogens is 308 g/mol. The molecule has 0 saturated heterocycles. The maximum atomic E-state index is 13.4. The van der Waals surface area contributed by atoms with E-state index in [2.05, 4.69) is 5.32 Å². The third-order valence-electron chi connectivity index (χ3n) is 3.11. The maximum absolute atomic E-state index is 13.4. The summed E-state index contributed by atoms with van der Waals surface area (Å²) < 4.78 is 56.9. The summed E-state index contributed by atoms with van der Waals surface area (Å²) in [6.45, 7) is -0.196. The fourth-order valence-corrected chi connectivity index (χ4v) is 2.18. The summed E-state index contributed by atoms with van der Waals surface area (Å²) in [6.07, 6.45) is -5.41. The molecule has 0 radical (unpaired) electrons. The molecule has 0 unspecified atom stereocenters. The van der Waals surface area contributed by atoms with Gasteiger partial charge in [0.2, 0.25) is 6.41 Å². The van der Waals surface area contributed by atoms with Crippen molar-refractivity contribution in [2.75, 3.05) is 11.4 Å². The molecule has 0 bridgehead atoms. The minimum atomic E-state index is -4.70. The largest absolute Gasteiger partial charge is 0.486 e. The van der Waals surface area contributed by atoms with Crippen LogP contribution in [0.25, 0.3) is 0 Å². The van der Waals surface area contributed by atoms with Gasteiger partial charge < -0.3 is 10.1 Å². The Hall–Kier alpha value is -2.32. The van der Waals surface area contributed by atoms with Crippen LogP contribution in [-0.4, -0.2) is 37.2 Å². The van der Waals surface area contributed by atoms with Crippen molar-refractivity contribution < 1.29 is 31.9 Å². The molecule has 1 heterocycles. The summed E-state index contributed by atoms with van der Waals surface area (Å²) in [6, 6.07) is 1.63. The van der Waals surface area contributed by atoms with Gasteiger partial charge in [0.1, 0.15) is 30.3 Å². The quantitative estimate of drug-likeness (QED) is 0.680. The summed E-state index contributed by atoms with van der Waals surface area (Å²) in [4.78, 5) is 23.2. The maximum Gasteiger partial charge on any atom is 0.406 e. The van der Waals surface area contributed by atoms with Crippen LogP contribution in [0.5, 0.6) is 5.75 Å². The van der Waals surface area contributed by atoms with E-state index in [1.165, 1.54) is 6.92 Å². The number of nitrogens with zero attached hydrogens (tertiary/aromatic N) is 1. The molecule has 9 heteroatoms. The second kappa shape index (κ2) is 5.82. The van der Waals surface area contributed by atoms with E-state index in [0.717, 1.165) is 18.2 Å². The standard InChI is InChI=1S/C13H12F4N2O3/c1-7-11(18-6-20)12(21)19(5-13(15,16)17)9-4-8(14)2-3-10(9)22-7/h2-4,6-7,11H,5H2,1H3,(H,18,20)/t7-,11+/m1/s1. The molecule has 0 aromatic heterocycles. The minimum Gasteiger partial charge on any atom is -0.486 e. The Labute approximate surface area is 122 Å². The molecule has 0 saturated carbocycles. The summed E-state index contributed by atoms with van der Waals surface area (Å²) in [5.74, 6) is -1.90. The number of ether oxygens (including phenoxy) is 1. The third kappa shape index (κ3) is 3.29. The van der Waals surface area contributed by atoms with Crippen molar-refractivity contribution in [1.29, 1.82) is 0 Å². The summed E-state index contributed by atoms with van der Waals surface area (Å²) in [5.41, 5.74) is -0.329. The zero-order valence-electron chi connectivity index (χ0n) is 11.4. The van der Waals surface area contributed by atoms with Gasteiger partial charge in [0, 0.05) is 6.07 Å². The fourth-order valence-electron chi connectivity index (χ4n) is 2.18. The molecule has 1 aromatic rings. The van der Waals surface area contributed by atoms with Crippen molar-refractivity contribution in [2.45, 2.75) is 25.2 Å². The van der Waals surface area contributed by atoms with E-state index in [9.17, 15) is 27.2 Å². The Morgan fingerprint density at radius 2 is 2.09 bits per heavy atom. The highest BCUT2D eigenvalue weighted by Crippen LogP contribution is 2.35. The number of alkyl halides is 3. The van der Waals surface area contributed by atoms with E-state index >= 15 is 0 Å². The SMILES string of the molecule is C[C@H]1Oc2ccc(F)cc2N(CC(F)(F)F)C(=O)[C@H]1NC=O. The summed E-state index contributed by atoms with van der Waals surface area (Å²) in [7, 11) is 0. The van der Waals surface area contributed by atoms with Crippen molar-refractivity contribution in [1.82, 2.24) is 5.32 Å². The molecule has 22 heavy (non-hydrogen) atoms. The van der Waals surface area contributed by atoms with Gasteiger partial charge >= 0.3 is 6.18 Å². The number of rotatable bonds is 3. The van der Waals surface area contributed by atoms with E-state index in [1.54, 1.807) is 0 Å². The van der Waals surface area contributed by atoms with Crippen LogP contribution in [0.1, 0.15) is 6.92 Å². The highest BCUT2D eigenvalue weighted by atomic mass is 19.4. The molecule has 0 fully saturated rings. The van der Waals surface area contributed by atoms with Crippen molar-refractivity contribution in [2.24, 2.45) is 0 Å². The normalized spacial score (nSPS) is 21.7. The second-order valence-corrected chi connectivity index (χ2v) is 4.74. The topological polar surface area (TPSA) is 58.6 Å². The Balaban J connectivity index is 2.51. The number of anilines is 1. The van der Waals surface area contributed by atoms with Gasteiger partial charge in [-0.15, -0.1) is 0 Å². The number of carbonyl (C=O) groups excluding carboxylic acids is 2. The van der Waals surface area contributed by atoms with E-state index < -0.39 is 36.6 Å². The molecule has 0 aliphatic carbocycles. The smallest absolute Gasteiger partial charge is 0.406 e. The second-order valence-electron chi connectivity index (χ2n) is 4.74. The Bertz CT molecular complexity index is 591. The van der Waals surface area contributed by atoms with Gasteiger partial charge in [-0.3, -0.25) is 14.5 Å². The predicted molar refractivity (Wildman–Crippen MR) is 67.9 cm³/mol.